The summed E-state index contributed by atoms with van der Waals surface area (Å²) >= 11 is 0. The lowest BCUT2D eigenvalue weighted by Crippen LogP contribution is -2.44. The van der Waals surface area contributed by atoms with E-state index in [1.165, 1.54) is 6.26 Å². The summed E-state index contributed by atoms with van der Waals surface area (Å²) in [6, 6.07) is 7.19. The highest BCUT2D eigenvalue weighted by molar-refractivity contribution is 5.79. The lowest BCUT2D eigenvalue weighted by Gasteiger charge is -2.22. The maximum Gasteiger partial charge on any atom is 0.203 e. The van der Waals surface area contributed by atoms with Crippen molar-refractivity contribution in [3.8, 4) is 17.2 Å². The molecule has 0 amide bonds. The van der Waals surface area contributed by atoms with Crippen molar-refractivity contribution < 1.29 is 23.7 Å². The van der Waals surface area contributed by atoms with Crippen molar-refractivity contribution in [1.29, 1.82) is 0 Å². The minimum atomic E-state index is -1.16. The Morgan fingerprint density at radius 2 is 1.82 bits per heavy atom. The van der Waals surface area contributed by atoms with Gasteiger partial charge in [-0.25, -0.2) is 4.99 Å². The summed E-state index contributed by atoms with van der Waals surface area (Å²) in [5.41, 5.74) is -0.267. The summed E-state index contributed by atoms with van der Waals surface area (Å²) in [6.45, 7) is 4.96. The highest BCUT2D eigenvalue weighted by Gasteiger charge is 2.26. The molecule has 0 aliphatic carbocycles. The molecule has 3 N–H and O–H groups in total. The molecule has 2 rings (SSSR count). The van der Waals surface area contributed by atoms with E-state index in [9.17, 15) is 5.11 Å². The number of aliphatic hydroxyl groups is 1. The van der Waals surface area contributed by atoms with E-state index < -0.39 is 5.60 Å². The number of nitrogens with one attached hydrogen (secondary N) is 2. The van der Waals surface area contributed by atoms with Gasteiger partial charge in [0.1, 0.15) is 11.4 Å². The molecule has 0 spiro atoms. The van der Waals surface area contributed by atoms with E-state index in [0.29, 0.717) is 42.1 Å². The second kappa shape index (κ2) is 9.89. The molecule has 0 fully saturated rings. The summed E-state index contributed by atoms with van der Waals surface area (Å²) in [6.07, 6.45) is 1.54. The van der Waals surface area contributed by atoms with Crippen LogP contribution >= 0.6 is 0 Å². The predicted octanol–water partition coefficient (Wildman–Crippen LogP) is 2.27. The Balaban J connectivity index is 2.14. The van der Waals surface area contributed by atoms with Crippen LogP contribution in [0.4, 0.5) is 0 Å². The molecule has 28 heavy (non-hydrogen) atoms. The first-order valence-corrected chi connectivity index (χ1v) is 9.02. The molecule has 1 unspecified atom stereocenters. The van der Waals surface area contributed by atoms with E-state index in [0.717, 1.165) is 5.56 Å². The number of aliphatic imine (C=N–C) groups is 1. The van der Waals surface area contributed by atoms with E-state index in [1.54, 1.807) is 40.4 Å². The fourth-order valence-corrected chi connectivity index (χ4v) is 2.67. The van der Waals surface area contributed by atoms with Gasteiger partial charge in [-0.3, -0.25) is 0 Å². The third kappa shape index (κ3) is 5.32. The maximum absolute atomic E-state index is 10.6. The monoisotopic (exact) mass is 391 g/mol. The Morgan fingerprint density at radius 1 is 1.14 bits per heavy atom. The van der Waals surface area contributed by atoms with Gasteiger partial charge in [-0.15, -0.1) is 0 Å². The van der Waals surface area contributed by atoms with E-state index in [4.69, 9.17) is 18.6 Å². The summed E-state index contributed by atoms with van der Waals surface area (Å²) in [7, 11) is 4.72. The Kier molecular flexibility index (Phi) is 7.57. The highest BCUT2D eigenvalue weighted by atomic mass is 16.5. The van der Waals surface area contributed by atoms with E-state index in [2.05, 4.69) is 15.6 Å². The molecule has 0 saturated carbocycles. The summed E-state index contributed by atoms with van der Waals surface area (Å²) < 4.78 is 21.4. The number of hydrogen-bond donors (Lipinski definition) is 3. The number of hydrogen-bond acceptors (Lipinski definition) is 6. The van der Waals surface area contributed by atoms with Gasteiger partial charge in [-0.2, -0.15) is 0 Å². The fourth-order valence-electron chi connectivity index (χ4n) is 2.67. The Hall–Kier alpha value is -2.87. The largest absolute Gasteiger partial charge is 0.493 e. The molecule has 1 atom stereocenters. The molecule has 1 aromatic heterocycles. The van der Waals surface area contributed by atoms with Crippen LogP contribution in [-0.4, -0.2) is 45.5 Å². The lowest BCUT2D eigenvalue weighted by molar-refractivity contribution is 0.0386. The Labute approximate surface area is 165 Å². The normalized spacial score (nSPS) is 13.6. The molecule has 0 bridgehead atoms. The standard InChI is InChI=1S/C20H29N3O5/c1-6-21-19(23-13-20(2,24)17-8-7-9-28-17)22-12-14-10-15(25-3)18(27-5)16(11-14)26-4/h7-11,24H,6,12-13H2,1-5H3,(H2,21,22,23). The van der Waals surface area contributed by atoms with Gasteiger partial charge in [0.2, 0.25) is 5.75 Å². The van der Waals surface area contributed by atoms with Crippen LogP contribution in [0.5, 0.6) is 17.2 Å². The number of furan rings is 1. The first kappa shape index (κ1) is 21.4. The van der Waals surface area contributed by atoms with Crippen LogP contribution in [0.3, 0.4) is 0 Å². The fraction of sp³-hybridized carbons (Fsp3) is 0.450. The third-order valence-electron chi connectivity index (χ3n) is 4.14. The van der Waals surface area contributed by atoms with Gasteiger partial charge in [0.05, 0.1) is 40.7 Å². The van der Waals surface area contributed by atoms with Crippen molar-refractivity contribution >= 4 is 5.96 Å². The number of benzene rings is 1. The topological polar surface area (TPSA) is 97.5 Å². The minimum Gasteiger partial charge on any atom is -0.493 e. The van der Waals surface area contributed by atoms with Gasteiger partial charge in [0.15, 0.2) is 17.5 Å². The van der Waals surface area contributed by atoms with E-state index in [-0.39, 0.29) is 6.54 Å². The number of methoxy groups -OCH3 is 3. The highest BCUT2D eigenvalue weighted by Crippen LogP contribution is 2.38. The molecule has 0 radical (unpaired) electrons. The molecule has 0 aliphatic rings. The van der Waals surface area contributed by atoms with Gasteiger partial charge in [0, 0.05) is 6.54 Å². The van der Waals surface area contributed by atoms with Gasteiger partial charge < -0.3 is 34.4 Å². The average Bonchev–Trinajstić information content (AvgIpc) is 3.25. The Morgan fingerprint density at radius 3 is 2.32 bits per heavy atom. The SMILES string of the molecule is CCNC(=NCc1cc(OC)c(OC)c(OC)c1)NCC(C)(O)c1ccco1. The van der Waals surface area contributed by atoms with Crippen LogP contribution in [-0.2, 0) is 12.1 Å². The summed E-state index contributed by atoms with van der Waals surface area (Å²) in [5.74, 6) is 2.75. The van der Waals surface area contributed by atoms with Crippen molar-refractivity contribution in [2.75, 3.05) is 34.4 Å². The number of nitrogens with zero attached hydrogens (tertiary/aromatic N) is 1. The second-order valence-electron chi connectivity index (χ2n) is 6.33. The summed E-state index contributed by atoms with van der Waals surface area (Å²) in [5, 5.41) is 16.9. The Bertz CT molecular complexity index is 747. The van der Waals surface area contributed by atoms with Crippen LogP contribution in [0.15, 0.2) is 39.9 Å². The zero-order valence-electron chi connectivity index (χ0n) is 17.0. The van der Waals surface area contributed by atoms with Crippen LogP contribution in [0, 0.1) is 0 Å². The van der Waals surface area contributed by atoms with Crippen molar-refractivity contribution in [3.05, 3.63) is 41.9 Å². The number of rotatable bonds is 9. The van der Waals surface area contributed by atoms with Gasteiger partial charge in [-0.05, 0) is 43.7 Å². The molecule has 1 aromatic carbocycles. The molecular formula is C20H29N3O5. The third-order valence-corrected chi connectivity index (χ3v) is 4.14. The molecule has 0 saturated heterocycles. The van der Waals surface area contributed by atoms with Crippen molar-refractivity contribution in [1.82, 2.24) is 10.6 Å². The number of ether oxygens (including phenoxy) is 3. The van der Waals surface area contributed by atoms with Crippen LogP contribution in [0.1, 0.15) is 25.2 Å². The smallest absolute Gasteiger partial charge is 0.203 e. The molecule has 8 nitrogen and oxygen atoms in total. The van der Waals surface area contributed by atoms with E-state index in [1.807, 2.05) is 19.1 Å². The quantitative estimate of drug-likeness (QED) is 0.446. The average molecular weight is 391 g/mol. The van der Waals surface area contributed by atoms with Crippen LogP contribution < -0.4 is 24.8 Å². The van der Waals surface area contributed by atoms with Crippen LogP contribution in [0.25, 0.3) is 0 Å². The first-order chi connectivity index (χ1) is 13.4. The molecule has 154 valence electrons. The van der Waals surface area contributed by atoms with E-state index >= 15 is 0 Å². The van der Waals surface area contributed by atoms with Crippen molar-refractivity contribution in [2.45, 2.75) is 26.0 Å². The summed E-state index contributed by atoms with van der Waals surface area (Å²) in [4.78, 5) is 4.58. The van der Waals surface area contributed by atoms with Gasteiger partial charge in [0.25, 0.3) is 0 Å². The van der Waals surface area contributed by atoms with Gasteiger partial charge in [-0.1, -0.05) is 0 Å². The first-order valence-electron chi connectivity index (χ1n) is 9.02. The van der Waals surface area contributed by atoms with Crippen molar-refractivity contribution in [2.24, 2.45) is 4.99 Å². The zero-order valence-corrected chi connectivity index (χ0v) is 17.0. The van der Waals surface area contributed by atoms with Crippen molar-refractivity contribution in [3.63, 3.8) is 0 Å². The lowest BCUT2D eigenvalue weighted by atomic mass is 10.0. The zero-order chi connectivity index (χ0) is 20.6. The molecule has 8 heteroatoms. The van der Waals surface area contributed by atoms with Crippen LogP contribution in [0.2, 0.25) is 0 Å². The molecule has 2 aromatic rings. The maximum atomic E-state index is 10.6. The molecular weight excluding hydrogens is 362 g/mol. The minimum absolute atomic E-state index is 0.238. The second-order valence-corrected chi connectivity index (χ2v) is 6.33. The number of guanidine groups is 1. The predicted molar refractivity (Wildman–Crippen MR) is 107 cm³/mol. The molecule has 1 heterocycles. The van der Waals surface area contributed by atoms with Gasteiger partial charge >= 0.3 is 0 Å². The molecule has 0 aliphatic heterocycles.